The molecule has 0 saturated heterocycles. The summed E-state index contributed by atoms with van der Waals surface area (Å²) in [5, 5.41) is 27.6. The van der Waals surface area contributed by atoms with Crippen LogP contribution in [-0.2, 0) is 6.61 Å². The van der Waals surface area contributed by atoms with E-state index in [9.17, 15) is 10.2 Å². The van der Waals surface area contributed by atoms with E-state index in [1.165, 1.54) is 4.88 Å². The molecule has 0 radical (unpaired) electrons. The molecule has 2 rings (SSSR count). The van der Waals surface area contributed by atoms with Crippen LogP contribution in [0.5, 0.6) is 5.75 Å². The van der Waals surface area contributed by atoms with Crippen LogP contribution in [0.15, 0.2) is 35.7 Å². The number of rotatable bonds is 10. The van der Waals surface area contributed by atoms with E-state index < -0.39 is 6.10 Å². The highest BCUT2D eigenvalue weighted by Crippen LogP contribution is 2.26. The Morgan fingerprint density at radius 3 is 2.74 bits per heavy atom. The lowest BCUT2D eigenvalue weighted by Crippen LogP contribution is -2.34. The number of aliphatic hydroxyl groups is 2. The average molecular weight is 336 g/mol. The van der Waals surface area contributed by atoms with Crippen LogP contribution in [0.3, 0.4) is 0 Å². The van der Waals surface area contributed by atoms with Crippen LogP contribution in [0.2, 0.25) is 0 Å². The first-order chi connectivity index (χ1) is 11.2. The largest absolute Gasteiger partial charge is 0.491 e. The molecule has 0 aliphatic rings. The fraction of sp³-hybridized carbons (Fsp3) is 0.412. The first-order valence-electron chi connectivity index (χ1n) is 7.69. The van der Waals surface area contributed by atoms with E-state index in [0.717, 1.165) is 30.1 Å². The number of benzene rings is 1. The average Bonchev–Trinajstić information content (AvgIpc) is 2.94. The van der Waals surface area contributed by atoms with Crippen molar-refractivity contribution in [1.82, 2.24) is 5.32 Å². The molecule has 1 atom stereocenters. The third-order valence-electron chi connectivity index (χ3n) is 3.39. The zero-order valence-corrected chi connectivity index (χ0v) is 14.1. The van der Waals surface area contributed by atoms with Crippen LogP contribution in [-0.4, -0.2) is 42.6 Å². The topological polar surface area (TPSA) is 73.8 Å². The third-order valence-corrected chi connectivity index (χ3v) is 4.35. The normalized spacial score (nSPS) is 12.1. The second-order valence-corrected chi connectivity index (χ2v) is 6.34. The summed E-state index contributed by atoms with van der Waals surface area (Å²) in [6.45, 7) is 4.28. The second-order valence-electron chi connectivity index (χ2n) is 5.26. The summed E-state index contributed by atoms with van der Waals surface area (Å²) in [6.07, 6.45) is -0.550. The number of hydrogen-bond acceptors (Lipinski definition) is 6. The summed E-state index contributed by atoms with van der Waals surface area (Å²) in [4.78, 5) is 1.17. The zero-order valence-electron chi connectivity index (χ0n) is 13.3. The molecule has 0 fully saturated rings. The van der Waals surface area contributed by atoms with E-state index in [4.69, 9.17) is 4.74 Å². The molecule has 0 saturated carbocycles. The number of ether oxygens (including phenoxy) is 1. The van der Waals surface area contributed by atoms with Crippen LogP contribution in [0, 0.1) is 6.92 Å². The Hall–Kier alpha value is -1.60. The number of para-hydroxylation sites is 1. The standard InChI is InChI=1S/C17H24N2O3S/c1-13-17(14(10-20)12-23-13)19-8-7-18-9-15(21)11-22-16-5-3-2-4-6-16/h2-6,12,15,18-21H,7-11H2,1H3. The molecule has 4 N–H and O–H groups in total. The number of anilines is 1. The van der Waals surface area contributed by atoms with E-state index in [-0.39, 0.29) is 13.2 Å². The summed E-state index contributed by atoms with van der Waals surface area (Å²) in [6, 6.07) is 9.46. The lowest BCUT2D eigenvalue weighted by atomic mass is 10.2. The van der Waals surface area contributed by atoms with Crippen molar-refractivity contribution in [3.8, 4) is 5.75 Å². The maximum Gasteiger partial charge on any atom is 0.119 e. The van der Waals surface area contributed by atoms with Gasteiger partial charge in [-0.1, -0.05) is 18.2 Å². The quantitative estimate of drug-likeness (QED) is 0.499. The Balaban J connectivity index is 1.59. The predicted molar refractivity (Wildman–Crippen MR) is 94.3 cm³/mol. The molecule has 1 aromatic carbocycles. The van der Waals surface area contributed by atoms with Crippen molar-refractivity contribution in [3.63, 3.8) is 0 Å². The summed E-state index contributed by atoms with van der Waals surface area (Å²) in [5.41, 5.74) is 1.95. The van der Waals surface area contributed by atoms with Gasteiger partial charge in [-0.05, 0) is 24.4 Å². The van der Waals surface area contributed by atoms with Crippen molar-refractivity contribution in [3.05, 3.63) is 46.2 Å². The Bertz CT molecular complexity index is 574. The van der Waals surface area contributed by atoms with Gasteiger partial charge in [0.05, 0.1) is 12.3 Å². The minimum Gasteiger partial charge on any atom is -0.491 e. The van der Waals surface area contributed by atoms with Gasteiger partial charge in [0.1, 0.15) is 18.5 Å². The molecule has 23 heavy (non-hydrogen) atoms. The second kappa shape index (κ2) is 9.52. The Labute approximate surface area is 140 Å². The van der Waals surface area contributed by atoms with Gasteiger partial charge in [-0.3, -0.25) is 0 Å². The minimum absolute atomic E-state index is 0.0512. The first kappa shape index (κ1) is 17.7. The van der Waals surface area contributed by atoms with Crippen molar-refractivity contribution < 1.29 is 14.9 Å². The molecule has 126 valence electrons. The number of aliphatic hydroxyl groups excluding tert-OH is 2. The SMILES string of the molecule is Cc1scc(CO)c1NCCNCC(O)COc1ccccc1. The Kier molecular flexibility index (Phi) is 7.35. The Morgan fingerprint density at radius 2 is 2.00 bits per heavy atom. The van der Waals surface area contributed by atoms with Gasteiger partial charge in [-0.2, -0.15) is 0 Å². The van der Waals surface area contributed by atoms with E-state index in [2.05, 4.69) is 10.6 Å². The number of hydrogen-bond donors (Lipinski definition) is 4. The van der Waals surface area contributed by atoms with E-state index in [0.29, 0.717) is 6.54 Å². The molecule has 1 unspecified atom stereocenters. The lowest BCUT2D eigenvalue weighted by Gasteiger charge is -2.14. The monoisotopic (exact) mass is 336 g/mol. The van der Waals surface area contributed by atoms with Gasteiger partial charge in [0.15, 0.2) is 0 Å². The third kappa shape index (κ3) is 5.84. The van der Waals surface area contributed by atoms with E-state index in [1.807, 2.05) is 42.6 Å². The molecular weight excluding hydrogens is 312 g/mol. The molecule has 0 aliphatic heterocycles. The van der Waals surface area contributed by atoms with Crippen LogP contribution in [0.25, 0.3) is 0 Å². The number of aryl methyl sites for hydroxylation is 1. The van der Waals surface area contributed by atoms with Gasteiger partial charge in [0, 0.05) is 30.1 Å². The lowest BCUT2D eigenvalue weighted by molar-refractivity contribution is 0.107. The fourth-order valence-corrected chi connectivity index (χ4v) is 3.00. The highest BCUT2D eigenvalue weighted by Gasteiger charge is 2.07. The van der Waals surface area contributed by atoms with Gasteiger partial charge in [0.25, 0.3) is 0 Å². The van der Waals surface area contributed by atoms with Gasteiger partial charge in [0.2, 0.25) is 0 Å². The molecule has 1 heterocycles. The summed E-state index contributed by atoms with van der Waals surface area (Å²) in [7, 11) is 0. The van der Waals surface area contributed by atoms with Crippen molar-refractivity contribution in [1.29, 1.82) is 0 Å². The number of thiophene rings is 1. The first-order valence-corrected chi connectivity index (χ1v) is 8.57. The van der Waals surface area contributed by atoms with E-state index in [1.54, 1.807) is 11.3 Å². The highest BCUT2D eigenvalue weighted by atomic mass is 32.1. The van der Waals surface area contributed by atoms with Crippen LogP contribution < -0.4 is 15.4 Å². The van der Waals surface area contributed by atoms with Gasteiger partial charge >= 0.3 is 0 Å². The molecule has 0 aliphatic carbocycles. The maximum atomic E-state index is 9.88. The highest BCUT2D eigenvalue weighted by molar-refractivity contribution is 7.10. The van der Waals surface area contributed by atoms with Crippen LogP contribution >= 0.6 is 11.3 Å². The number of nitrogens with one attached hydrogen (secondary N) is 2. The van der Waals surface area contributed by atoms with Crippen molar-refractivity contribution in [2.24, 2.45) is 0 Å². The minimum atomic E-state index is -0.550. The van der Waals surface area contributed by atoms with Gasteiger partial charge in [-0.25, -0.2) is 0 Å². The maximum absolute atomic E-state index is 9.88. The fourth-order valence-electron chi connectivity index (χ4n) is 2.17. The molecule has 1 aromatic heterocycles. The molecule has 6 heteroatoms. The van der Waals surface area contributed by atoms with E-state index >= 15 is 0 Å². The van der Waals surface area contributed by atoms with Gasteiger partial charge in [-0.15, -0.1) is 11.3 Å². The zero-order chi connectivity index (χ0) is 16.5. The molecule has 5 nitrogen and oxygen atoms in total. The molecular formula is C17H24N2O3S. The molecule has 0 amide bonds. The molecule has 0 bridgehead atoms. The summed E-state index contributed by atoms with van der Waals surface area (Å²) < 4.78 is 5.50. The van der Waals surface area contributed by atoms with Crippen LogP contribution in [0.4, 0.5) is 5.69 Å². The van der Waals surface area contributed by atoms with Crippen molar-refractivity contribution in [2.75, 3.05) is 31.6 Å². The molecule has 0 spiro atoms. The van der Waals surface area contributed by atoms with Crippen molar-refractivity contribution >= 4 is 17.0 Å². The van der Waals surface area contributed by atoms with Crippen molar-refractivity contribution in [2.45, 2.75) is 19.6 Å². The molecule has 2 aromatic rings. The summed E-state index contributed by atoms with van der Waals surface area (Å²) >= 11 is 1.63. The summed E-state index contributed by atoms with van der Waals surface area (Å²) in [5.74, 6) is 0.762. The smallest absolute Gasteiger partial charge is 0.119 e. The van der Waals surface area contributed by atoms with Gasteiger partial charge < -0.3 is 25.6 Å². The predicted octanol–water partition coefficient (Wildman–Crippen LogP) is 1.99. The van der Waals surface area contributed by atoms with Crippen LogP contribution in [0.1, 0.15) is 10.4 Å². The Morgan fingerprint density at radius 1 is 1.22 bits per heavy atom.